The minimum Gasteiger partial charge on any atom is -0.261 e. The highest BCUT2D eigenvalue weighted by molar-refractivity contribution is 7.89. The van der Waals surface area contributed by atoms with E-state index in [-0.39, 0.29) is 6.04 Å². The number of benzene rings is 1. The lowest BCUT2D eigenvalue weighted by molar-refractivity contribution is 0.508. The second-order valence-electron chi connectivity index (χ2n) is 6.72. The van der Waals surface area contributed by atoms with E-state index in [1.807, 2.05) is 32.2 Å². The maximum atomic E-state index is 12.8. The van der Waals surface area contributed by atoms with Gasteiger partial charge in [0.15, 0.2) is 5.65 Å². The van der Waals surface area contributed by atoms with E-state index in [2.05, 4.69) is 19.9 Å². The maximum Gasteiger partial charge on any atom is 0.241 e. The fourth-order valence-electron chi connectivity index (χ4n) is 3.53. The minimum atomic E-state index is -3.54. The summed E-state index contributed by atoms with van der Waals surface area (Å²) in [5, 5.41) is 7.96. The minimum absolute atomic E-state index is 0.122. The number of rotatable bonds is 3. The van der Waals surface area contributed by atoms with Crippen molar-refractivity contribution in [3.05, 3.63) is 52.8 Å². The molecule has 0 bridgehead atoms. The molecule has 1 aliphatic rings. The van der Waals surface area contributed by atoms with Crippen molar-refractivity contribution in [1.29, 1.82) is 0 Å². The van der Waals surface area contributed by atoms with Crippen molar-refractivity contribution in [3.8, 4) is 0 Å². The monoisotopic (exact) mass is 356 g/mol. The molecule has 1 unspecified atom stereocenters. The summed E-state index contributed by atoms with van der Waals surface area (Å²) in [6.45, 7) is 3.72. The van der Waals surface area contributed by atoms with Crippen LogP contribution in [0.5, 0.6) is 0 Å². The third-order valence-electron chi connectivity index (χ3n) is 4.85. The number of hydrogen-bond donors (Lipinski definition) is 2. The fraction of sp³-hybridized carbons (Fsp3) is 0.333. The van der Waals surface area contributed by atoms with Gasteiger partial charge >= 0.3 is 0 Å². The summed E-state index contributed by atoms with van der Waals surface area (Å²) >= 11 is 0. The normalized spacial score (nSPS) is 17.6. The van der Waals surface area contributed by atoms with Gasteiger partial charge in [-0.2, -0.15) is 5.10 Å². The zero-order chi connectivity index (χ0) is 17.6. The molecule has 0 radical (unpaired) electrons. The van der Waals surface area contributed by atoms with Crippen molar-refractivity contribution in [3.63, 3.8) is 0 Å². The molecular formula is C18H20N4O2S. The van der Waals surface area contributed by atoms with E-state index in [9.17, 15) is 8.42 Å². The van der Waals surface area contributed by atoms with E-state index in [0.29, 0.717) is 11.3 Å². The van der Waals surface area contributed by atoms with Gasteiger partial charge in [-0.3, -0.25) is 5.10 Å². The van der Waals surface area contributed by atoms with Crippen LogP contribution in [0.1, 0.15) is 28.7 Å². The Morgan fingerprint density at radius 3 is 2.92 bits per heavy atom. The summed E-state index contributed by atoms with van der Waals surface area (Å²) in [7, 11) is -3.54. The first-order valence-electron chi connectivity index (χ1n) is 8.33. The molecule has 0 saturated carbocycles. The van der Waals surface area contributed by atoms with Crippen LogP contribution in [-0.2, 0) is 22.9 Å². The quantitative estimate of drug-likeness (QED) is 0.754. The molecule has 130 valence electrons. The largest absolute Gasteiger partial charge is 0.261 e. The van der Waals surface area contributed by atoms with Crippen LogP contribution in [0, 0.1) is 13.8 Å². The number of H-pyrrole nitrogens is 1. The molecule has 0 saturated heterocycles. The molecule has 6 nitrogen and oxygen atoms in total. The number of aryl methyl sites for hydroxylation is 3. The van der Waals surface area contributed by atoms with Gasteiger partial charge in [0.05, 0.1) is 11.1 Å². The molecule has 1 aliphatic carbocycles. The molecule has 0 spiro atoms. The van der Waals surface area contributed by atoms with Gasteiger partial charge in [-0.1, -0.05) is 12.1 Å². The maximum absolute atomic E-state index is 12.8. The molecule has 25 heavy (non-hydrogen) atoms. The van der Waals surface area contributed by atoms with Crippen LogP contribution in [0.3, 0.4) is 0 Å². The second kappa shape index (κ2) is 5.93. The zero-order valence-electron chi connectivity index (χ0n) is 14.2. The Labute approximate surface area is 146 Å². The van der Waals surface area contributed by atoms with E-state index < -0.39 is 10.0 Å². The average molecular weight is 356 g/mol. The number of aromatic amines is 1. The third-order valence-corrected chi connectivity index (χ3v) is 6.51. The van der Waals surface area contributed by atoms with Crippen LogP contribution < -0.4 is 4.72 Å². The Morgan fingerprint density at radius 1 is 1.24 bits per heavy atom. The molecule has 0 aliphatic heterocycles. The first-order valence-corrected chi connectivity index (χ1v) is 9.82. The third kappa shape index (κ3) is 2.94. The SMILES string of the molecule is Cc1ccc(C)c(S(=O)(=O)NC2CCc3c(cnc4[nH]ncc34)C2)c1. The van der Waals surface area contributed by atoms with Crippen molar-refractivity contribution >= 4 is 21.1 Å². The molecule has 0 amide bonds. The van der Waals surface area contributed by atoms with Gasteiger partial charge in [-0.25, -0.2) is 18.1 Å². The average Bonchev–Trinajstić information content (AvgIpc) is 3.05. The van der Waals surface area contributed by atoms with E-state index in [1.165, 1.54) is 5.56 Å². The molecule has 0 fully saturated rings. The summed E-state index contributed by atoms with van der Waals surface area (Å²) in [6, 6.07) is 5.38. The Kier molecular flexibility index (Phi) is 3.85. The Hall–Kier alpha value is -2.25. The molecule has 3 aromatic rings. The Bertz CT molecular complexity index is 1060. The van der Waals surface area contributed by atoms with Crippen LogP contribution in [0.2, 0.25) is 0 Å². The highest BCUT2D eigenvalue weighted by Crippen LogP contribution is 2.28. The highest BCUT2D eigenvalue weighted by atomic mass is 32.2. The van der Waals surface area contributed by atoms with Gasteiger partial charge in [0.1, 0.15) is 0 Å². The van der Waals surface area contributed by atoms with E-state index in [4.69, 9.17) is 0 Å². The first-order chi connectivity index (χ1) is 11.9. The van der Waals surface area contributed by atoms with Gasteiger partial charge in [0, 0.05) is 17.6 Å². The standard InChI is InChI=1S/C18H20N4O2S/c1-11-3-4-12(2)17(7-11)25(23,24)22-14-5-6-15-13(8-14)9-19-18-16(15)10-20-21-18/h3-4,7,9-10,14,22H,5-6,8H2,1-2H3,(H,19,20,21). The van der Waals surface area contributed by atoms with Crippen LogP contribution >= 0.6 is 0 Å². The lowest BCUT2D eigenvalue weighted by Crippen LogP contribution is -2.39. The summed E-state index contributed by atoms with van der Waals surface area (Å²) in [5.74, 6) is 0. The van der Waals surface area contributed by atoms with Crippen molar-refractivity contribution in [2.45, 2.75) is 44.0 Å². The summed E-state index contributed by atoms with van der Waals surface area (Å²) < 4.78 is 28.5. The Morgan fingerprint density at radius 2 is 2.08 bits per heavy atom. The molecule has 7 heteroatoms. The molecule has 2 aromatic heterocycles. The van der Waals surface area contributed by atoms with Crippen LogP contribution in [0.4, 0.5) is 0 Å². The van der Waals surface area contributed by atoms with Crippen LogP contribution in [0.25, 0.3) is 11.0 Å². The molecule has 1 aromatic carbocycles. The zero-order valence-corrected chi connectivity index (χ0v) is 15.0. The summed E-state index contributed by atoms with van der Waals surface area (Å²) in [6.07, 6.45) is 5.85. The molecule has 2 heterocycles. The van der Waals surface area contributed by atoms with Crippen LogP contribution in [0.15, 0.2) is 35.5 Å². The summed E-state index contributed by atoms with van der Waals surface area (Å²) in [5.41, 5.74) is 4.80. The van der Waals surface area contributed by atoms with E-state index >= 15 is 0 Å². The fourth-order valence-corrected chi connectivity index (χ4v) is 5.13. The lowest BCUT2D eigenvalue weighted by Gasteiger charge is -2.25. The predicted octanol–water partition coefficient (Wildman–Crippen LogP) is 2.41. The van der Waals surface area contributed by atoms with Crippen molar-refractivity contribution in [1.82, 2.24) is 19.9 Å². The number of aromatic nitrogens is 3. The number of hydrogen-bond acceptors (Lipinski definition) is 4. The van der Waals surface area contributed by atoms with Gasteiger partial charge in [0.2, 0.25) is 10.0 Å². The Balaban J connectivity index is 1.61. The molecular weight excluding hydrogens is 336 g/mol. The van der Waals surface area contributed by atoms with Crippen LogP contribution in [-0.4, -0.2) is 29.6 Å². The summed E-state index contributed by atoms with van der Waals surface area (Å²) in [4.78, 5) is 4.74. The van der Waals surface area contributed by atoms with Gasteiger partial charge in [-0.05, 0) is 61.4 Å². The number of pyridine rings is 1. The number of sulfonamides is 1. The van der Waals surface area contributed by atoms with E-state index in [1.54, 1.807) is 12.3 Å². The van der Waals surface area contributed by atoms with E-state index in [0.717, 1.165) is 40.6 Å². The molecule has 4 rings (SSSR count). The number of nitrogens with one attached hydrogen (secondary N) is 2. The predicted molar refractivity (Wildman–Crippen MR) is 95.9 cm³/mol. The van der Waals surface area contributed by atoms with Gasteiger partial charge < -0.3 is 0 Å². The smallest absolute Gasteiger partial charge is 0.241 e. The topological polar surface area (TPSA) is 87.7 Å². The van der Waals surface area contributed by atoms with Gasteiger partial charge in [0.25, 0.3) is 0 Å². The molecule has 2 N–H and O–H groups in total. The highest BCUT2D eigenvalue weighted by Gasteiger charge is 2.26. The first kappa shape index (κ1) is 16.2. The van der Waals surface area contributed by atoms with Gasteiger partial charge in [-0.15, -0.1) is 0 Å². The second-order valence-corrected chi connectivity index (χ2v) is 8.41. The van der Waals surface area contributed by atoms with Crippen molar-refractivity contribution in [2.75, 3.05) is 0 Å². The molecule has 1 atom stereocenters. The lowest BCUT2D eigenvalue weighted by atomic mass is 9.88. The number of fused-ring (bicyclic) bond motifs is 3. The number of nitrogens with zero attached hydrogens (tertiary/aromatic N) is 2. The van der Waals surface area contributed by atoms with Crippen molar-refractivity contribution in [2.24, 2.45) is 0 Å². The van der Waals surface area contributed by atoms with Crippen molar-refractivity contribution < 1.29 is 8.42 Å².